The van der Waals surface area contributed by atoms with Gasteiger partial charge in [-0.2, -0.15) is 5.26 Å². The fraction of sp³-hybridized carbons (Fsp3) is 0.250. The van der Waals surface area contributed by atoms with Crippen LogP contribution in [0.2, 0.25) is 0 Å². The predicted molar refractivity (Wildman–Crippen MR) is 92.3 cm³/mol. The second kappa shape index (κ2) is 7.97. The highest BCUT2D eigenvalue weighted by Gasteiger charge is 2.19. The third kappa shape index (κ3) is 3.87. The second-order valence-electron chi connectivity index (χ2n) is 4.61. The highest BCUT2D eigenvalue weighted by Crippen LogP contribution is 2.31. The molecule has 1 atom stereocenters. The lowest BCUT2D eigenvalue weighted by Gasteiger charge is -2.07. The molecule has 0 radical (unpaired) electrons. The lowest BCUT2D eigenvalue weighted by Crippen LogP contribution is -2.01. The van der Waals surface area contributed by atoms with E-state index in [4.69, 9.17) is 4.28 Å². The van der Waals surface area contributed by atoms with Gasteiger partial charge in [-0.1, -0.05) is 48.1 Å². The van der Waals surface area contributed by atoms with Gasteiger partial charge in [0, 0.05) is 5.57 Å². The van der Waals surface area contributed by atoms with Crippen LogP contribution in [0.25, 0.3) is 5.57 Å². The monoisotopic (exact) mass is 332 g/mol. The number of oxime groups is 1. The summed E-state index contributed by atoms with van der Waals surface area (Å²) >= 11 is -0.0734. The van der Waals surface area contributed by atoms with E-state index in [2.05, 4.69) is 11.2 Å². The lowest BCUT2D eigenvalue weighted by molar-refractivity contribution is 0.375. The van der Waals surface area contributed by atoms with Gasteiger partial charge in [0.15, 0.2) is 0 Å². The van der Waals surface area contributed by atoms with E-state index < -0.39 is 11.1 Å². The van der Waals surface area contributed by atoms with Crippen molar-refractivity contribution in [3.63, 3.8) is 0 Å². The molecule has 1 aliphatic heterocycles. The molecule has 1 aliphatic rings. The molecule has 0 spiro atoms. The first-order valence-corrected chi connectivity index (χ1v) is 8.97. The number of allylic oxidation sites excluding steroid dienone is 2. The molecule has 1 aromatic rings. The van der Waals surface area contributed by atoms with Crippen LogP contribution in [-0.2, 0) is 15.4 Å². The Morgan fingerprint density at radius 1 is 1.45 bits per heavy atom. The van der Waals surface area contributed by atoms with Crippen molar-refractivity contribution in [2.75, 3.05) is 5.75 Å². The molecule has 0 aromatic heterocycles. The van der Waals surface area contributed by atoms with E-state index in [1.165, 1.54) is 11.8 Å². The van der Waals surface area contributed by atoms with Crippen LogP contribution in [0, 0.1) is 18.3 Å². The van der Waals surface area contributed by atoms with Crippen LogP contribution in [0.15, 0.2) is 46.5 Å². The Morgan fingerprint density at radius 2 is 2.23 bits per heavy atom. The van der Waals surface area contributed by atoms with Gasteiger partial charge in [0.05, 0.1) is 11.3 Å². The van der Waals surface area contributed by atoms with Gasteiger partial charge < -0.3 is 0 Å². The number of aryl methyl sites for hydroxylation is 1. The van der Waals surface area contributed by atoms with E-state index in [9.17, 15) is 9.47 Å². The summed E-state index contributed by atoms with van der Waals surface area (Å²) in [4.78, 5) is 0. The number of hydrogen-bond acceptors (Lipinski definition) is 5. The molecule has 2 rings (SSSR count). The molecule has 4 nitrogen and oxygen atoms in total. The Morgan fingerprint density at radius 3 is 2.91 bits per heavy atom. The summed E-state index contributed by atoms with van der Waals surface area (Å²) in [7, 11) is 0. The third-order valence-electron chi connectivity index (χ3n) is 3.01. The molecule has 0 saturated heterocycles. The summed E-state index contributed by atoms with van der Waals surface area (Å²) in [5.74, 6) is 0.441. The van der Waals surface area contributed by atoms with E-state index in [-0.39, 0.29) is 0 Å². The maximum absolute atomic E-state index is 11.5. The molecular formula is C16H16N2O2S2. The van der Waals surface area contributed by atoms with Crippen LogP contribution in [-0.4, -0.2) is 15.0 Å². The van der Waals surface area contributed by atoms with Crippen LogP contribution < -0.4 is 0 Å². The second-order valence-corrected chi connectivity index (χ2v) is 6.67. The molecule has 0 saturated carbocycles. The highest BCUT2D eigenvalue weighted by molar-refractivity contribution is 8.17. The zero-order valence-electron chi connectivity index (χ0n) is 12.4. The van der Waals surface area contributed by atoms with Crippen molar-refractivity contribution in [3.8, 4) is 6.07 Å². The first-order chi connectivity index (χ1) is 10.7. The van der Waals surface area contributed by atoms with E-state index in [1.54, 1.807) is 0 Å². The van der Waals surface area contributed by atoms with Crippen LogP contribution in [0.3, 0.4) is 0 Å². The molecule has 0 N–H and O–H groups in total. The predicted octanol–water partition coefficient (Wildman–Crippen LogP) is 3.94. The normalized spacial score (nSPS) is 19.0. The van der Waals surface area contributed by atoms with Crippen LogP contribution >= 0.6 is 11.8 Å². The number of hydrogen-bond donors (Lipinski definition) is 0. The fourth-order valence-corrected chi connectivity index (χ4v) is 3.28. The van der Waals surface area contributed by atoms with Crippen LogP contribution in [0.1, 0.15) is 24.5 Å². The van der Waals surface area contributed by atoms with Crippen LogP contribution in [0.4, 0.5) is 0 Å². The molecule has 1 unspecified atom stereocenters. The number of nitriles is 1. The van der Waals surface area contributed by atoms with Gasteiger partial charge in [-0.05, 0) is 36.0 Å². The summed E-state index contributed by atoms with van der Waals surface area (Å²) in [6.07, 6.45) is 2.60. The maximum atomic E-state index is 11.5. The molecule has 22 heavy (non-hydrogen) atoms. The Kier molecular flexibility index (Phi) is 5.99. The number of nitrogens with zero attached hydrogens (tertiary/aromatic N) is 2. The molecule has 0 fully saturated rings. The molecule has 0 amide bonds. The van der Waals surface area contributed by atoms with E-state index in [0.29, 0.717) is 21.9 Å². The smallest absolute Gasteiger partial charge is 0.232 e. The topological polar surface area (TPSA) is 62.4 Å². The zero-order valence-corrected chi connectivity index (χ0v) is 14.0. The fourth-order valence-electron chi connectivity index (χ4n) is 1.96. The van der Waals surface area contributed by atoms with Gasteiger partial charge in [-0.25, -0.2) is 4.21 Å². The number of thioether (sulfide) groups is 1. The van der Waals surface area contributed by atoms with Gasteiger partial charge in [0.25, 0.3) is 0 Å². The minimum absolute atomic E-state index is 0.441. The molecule has 0 aliphatic carbocycles. The summed E-state index contributed by atoms with van der Waals surface area (Å²) in [5, 5.41) is 15.9. The number of benzene rings is 1. The zero-order chi connectivity index (χ0) is 15.9. The van der Waals surface area contributed by atoms with Crippen molar-refractivity contribution in [3.05, 3.63) is 52.4 Å². The maximum Gasteiger partial charge on any atom is 0.232 e. The first-order valence-electron chi connectivity index (χ1n) is 6.85. The quantitative estimate of drug-likeness (QED) is 0.605. The Hall–Kier alpha value is -1.84. The summed E-state index contributed by atoms with van der Waals surface area (Å²) in [6, 6.07) is 9.95. The van der Waals surface area contributed by atoms with Crippen molar-refractivity contribution in [2.24, 2.45) is 5.16 Å². The average molecular weight is 332 g/mol. The van der Waals surface area contributed by atoms with Crippen molar-refractivity contribution in [1.29, 1.82) is 5.26 Å². The average Bonchev–Trinajstić information content (AvgIpc) is 2.96. The van der Waals surface area contributed by atoms with Crippen molar-refractivity contribution in [2.45, 2.75) is 20.3 Å². The Bertz CT molecular complexity index is 715. The molecule has 1 aromatic carbocycles. The summed E-state index contributed by atoms with van der Waals surface area (Å²) in [6.45, 7) is 3.89. The minimum Gasteiger partial charge on any atom is -0.291 e. The summed E-state index contributed by atoms with van der Waals surface area (Å²) in [5.41, 5.74) is 3.14. The van der Waals surface area contributed by atoms with Gasteiger partial charge in [0.2, 0.25) is 11.1 Å². The first kappa shape index (κ1) is 16.5. The summed E-state index contributed by atoms with van der Waals surface area (Å²) < 4.78 is 16.6. The van der Waals surface area contributed by atoms with Crippen LogP contribution in [0.5, 0.6) is 0 Å². The molecule has 6 heteroatoms. The van der Waals surface area contributed by atoms with Crippen molar-refractivity contribution in [1.82, 2.24) is 0 Å². The molecule has 114 valence electrons. The highest BCUT2D eigenvalue weighted by atomic mass is 32.2. The largest absolute Gasteiger partial charge is 0.291 e. The van der Waals surface area contributed by atoms with Gasteiger partial charge in [0.1, 0.15) is 11.1 Å². The van der Waals surface area contributed by atoms with E-state index in [1.807, 2.05) is 49.6 Å². The van der Waals surface area contributed by atoms with Gasteiger partial charge >= 0.3 is 0 Å². The Labute approximate surface area is 137 Å². The SMILES string of the molecule is CCCS(=O)O/N=C1/SC=C/C1=C(/C#N)c1ccccc1C. The molecular weight excluding hydrogens is 316 g/mol. The van der Waals surface area contributed by atoms with Gasteiger partial charge in [-0.3, -0.25) is 4.28 Å². The van der Waals surface area contributed by atoms with E-state index >= 15 is 0 Å². The van der Waals surface area contributed by atoms with E-state index in [0.717, 1.165) is 17.5 Å². The standard InChI is InChI=1S/C16H16N2O2S2/c1-3-10-22(19)20-18-16-14(8-9-21-16)15(11-17)13-7-5-4-6-12(13)2/h4-9H,3,10H2,1-2H3/b15-14+,18-16+. The van der Waals surface area contributed by atoms with Crippen molar-refractivity contribution < 1.29 is 8.49 Å². The molecule has 1 heterocycles. The van der Waals surface area contributed by atoms with Crippen molar-refractivity contribution >= 4 is 33.5 Å². The minimum atomic E-state index is -1.43. The molecule has 0 bridgehead atoms. The number of rotatable bonds is 5. The lowest BCUT2D eigenvalue weighted by atomic mass is 9.97. The van der Waals surface area contributed by atoms with Gasteiger partial charge in [-0.15, -0.1) is 0 Å². The Balaban J connectivity index is 2.36. The third-order valence-corrected chi connectivity index (χ3v) is 4.79.